The highest BCUT2D eigenvalue weighted by molar-refractivity contribution is 5.24. The molecule has 1 aliphatic rings. The number of aryl methyl sites for hydroxylation is 1. The molecule has 2 nitrogen and oxygen atoms in total. The van der Waals surface area contributed by atoms with Crippen LogP contribution < -0.4 is 0 Å². The zero-order chi connectivity index (χ0) is 12.1. The van der Waals surface area contributed by atoms with E-state index >= 15 is 0 Å². The number of aliphatic hydroxyl groups excluding tert-OH is 1. The molecule has 2 unspecified atom stereocenters. The van der Waals surface area contributed by atoms with Crippen molar-refractivity contribution in [3.63, 3.8) is 0 Å². The van der Waals surface area contributed by atoms with E-state index < -0.39 is 0 Å². The van der Waals surface area contributed by atoms with Gasteiger partial charge in [-0.2, -0.15) is 0 Å². The van der Waals surface area contributed by atoms with Crippen LogP contribution in [-0.4, -0.2) is 18.3 Å². The van der Waals surface area contributed by atoms with Crippen LogP contribution in [0.4, 0.5) is 0 Å². The maximum absolute atomic E-state index is 10.2. The van der Waals surface area contributed by atoms with Gasteiger partial charge in [0.05, 0.1) is 12.7 Å². The Hall–Kier alpha value is -0.860. The number of ether oxygens (including phenoxy) is 1. The minimum Gasteiger partial charge on any atom is -0.388 e. The lowest BCUT2D eigenvalue weighted by Gasteiger charge is -2.17. The molecule has 1 saturated heterocycles. The summed E-state index contributed by atoms with van der Waals surface area (Å²) in [5.41, 5.74) is 2.39. The highest BCUT2D eigenvalue weighted by atomic mass is 16.5. The molecule has 0 aromatic heterocycles. The Kier molecular flexibility index (Phi) is 4.57. The number of benzene rings is 1. The molecule has 1 N–H and O–H groups in total. The molecule has 0 spiro atoms. The number of aliphatic hydroxyl groups is 1. The highest BCUT2D eigenvalue weighted by Gasteiger charge is 2.24. The van der Waals surface area contributed by atoms with E-state index in [-0.39, 0.29) is 12.0 Å². The van der Waals surface area contributed by atoms with Crippen LogP contribution in [-0.2, 0) is 11.2 Å². The van der Waals surface area contributed by atoms with Crippen molar-refractivity contribution in [1.29, 1.82) is 0 Å². The predicted octanol–water partition coefficient (Wildman–Crippen LogP) is 3.10. The molecule has 1 aliphatic heterocycles. The van der Waals surface area contributed by atoms with E-state index in [1.165, 1.54) is 18.4 Å². The second-order valence-corrected chi connectivity index (χ2v) is 4.91. The fourth-order valence-electron chi connectivity index (χ4n) is 2.34. The topological polar surface area (TPSA) is 29.5 Å². The van der Waals surface area contributed by atoms with Crippen LogP contribution in [0, 0.1) is 5.92 Å². The summed E-state index contributed by atoms with van der Waals surface area (Å²) >= 11 is 0. The Bertz CT molecular complexity index is 325. The first-order valence-electron chi connectivity index (χ1n) is 6.66. The van der Waals surface area contributed by atoms with Crippen molar-refractivity contribution in [2.24, 2.45) is 5.92 Å². The van der Waals surface area contributed by atoms with E-state index in [2.05, 4.69) is 31.2 Å². The van der Waals surface area contributed by atoms with E-state index in [4.69, 9.17) is 4.74 Å². The molecule has 0 amide bonds. The predicted molar refractivity (Wildman–Crippen MR) is 68.9 cm³/mol. The lowest BCUT2D eigenvalue weighted by molar-refractivity contribution is 0.0918. The van der Waals surface area contributed by atoms with Crippen LogP contribution in [0.25, 0.3) is 0 Å². The molecule has 2 heteroatoms. The van der Waals surface area contributed by atoms with Crippen molar-refractivity contribution in [2.45, 2.75) is 38.7 Å². The van der Waals surface area contributed by atoms with Gasteiger partial charge in [0.15, 0.2) is 0 Å². The van der Waals surface area contributed by atoms with E-state index in [9.17, 15) is 5.11 Å². The van der Waals surface area contributed by atoms with Crippen LogP contribution in [0.1, 0.15) is 43.4 Å². The molecule has 1 aromatic carbocycles. The number of unbranched alkanes of at least 4 members (excludes halogenated alkanes) is 1. The van der Waals surface area contributed by atoms with Gasteiger partial charge in [0.25, 0.3) is 0 Å². The van der Waals surface area contributed by atoms with Crippen molar-refractivity contribution in [3.8, 4) is 0 Å². The zero-order valence-electron chi connectivity index (χ0n) is 10.6. The summed E-state index contributed by atoms with van der Waals surface area (Å²) in [6.07, 6.45) is 4.21. The molecule has 2 atom stereocenters. The summed E-state index contributed by atoms with van der Waals surface area (Å²) in [7, 11) is 0. The van der Waals surface area contributed by atoms with Crippen LogP contribution in [0.2, 0.25) is 0 Å². The molecule has 1 fully saturated rings. The second-order valence-electron chi connectivity index (χ2n) is 4.91. The first kappa shape index (κ1) is 12.6. The van der Waals surface area contributed by atoms with Crippen molar-refractivity contribution >= 4 is 0 Å². The normalized spacial score (nSPS) is 21.6. The summed E-state index contributed by atoms with van der Waals surface area (Å²) in [6.45, 7) is 3.69. The first-order valence-corrected chi connectivity index (χ1v) is 6.66. The van der Waals surface area contributed by atoms with E-state index in [0.29, 0.717) is 6.61 Å². The molecule has 0 aliphatic carbocycles. The average Bonchev–Trinajstić information content (AvgIpc) is 2.90. The lowest BCUT2D eigenvalue weighted by atomic mass is 9.94. The van der Waals surface area contributed by atoms with Gasteiger partial charge in [-0.1, -0.05) is 37.6 Å². The van der Waals surface area contributed by atoms with Gasteiger partial charge in [-0.15, -0.1) is 0 Å². The van der Waals surface area contributed by atoms with E-state index in [0.717, 1.165) is 25.0 Å². The van der Waals surface area contributed by atoms with Crippen LogP contribution in [0.3, 0.4) is 0 Å². The Labute approximate surface area is 104 Å². The van der Waals surface area contributed by atoms with Gasteiger partial charge in [-0.25, -0.2) is 0 Å². The van der Waals surface area contributed by atoms with Crippen molar-refractivity contribution in [1.82, 2.24) is 0 Å². The largest absolute Gasteiger partial charge is 0.388 e. The van der Waals surface area contributed by atoms with Crippen LogP contribution >= 0.6 is 0 Å². The van der Waals surface area contributed by atoms with Crippen molar-refractivity contribution in [2.75, 3.05) is 13.2 Å². The smallest absolute Gasteiger partial charge is 0.0841 e. The van der Waals surface area contributed by atoms with Gasteiger partial charge in [0.1, 0.15) is 0 Å². The molecule has 1 aromatic rings. The molecular formula is C15H22O2. The standard InChI is InChI=1S/C15H22O2/c1-2-3-4-12-5-7-13(8-6-12)15(16)14-9-10-17-11-14/h5-8,14-16H,2-4,9-11H2,1H3. The SMILES string of the molecule is CCCCc1ccc(C(O)C2CCOC2)cc1. The van der Waals surface area contributed by atoms with Crippen LogP contribution in [0.15, 0.2) is 24.3 Å². The Morgan fingerprint density at radius 1 is 1.35 bits per heavy atom. The summed E-state index contributed by atoms with van der Waals surface area (Å²) in [5, 5.41) is 10.2. The third kappa shape index (κ3) is 3.30. The summed E-state index contributed by atoms with van der Waals surface area (Å²) in [5.74, 6) is 0.275. The zero-order valence-corrected chi connectivity index (χ0v) is 10.6. The van der Waals surface area contributed by atoms with Gasteiger partial charge >= 0.3 is 0 Å². The van der Waals surface area contributed by atoms with Gasteiger partial charge < -0.3 is 9.84 Å². The fraction of sp³-hybridized carbons (Fsp3) is 0.600. The van der Waals surface area contributed by atoms with Crippen molar-refractivity contribution in [3.05, 3.63) is 35.4 Å². The lowest BCUT2D eigenvalue weighted by Crippen LogP contribution is -2.12. The summed E-state index contributed by atoms with van der Waals surface area (Å²) in [4.78, 5) is 0. The van der Waals surface area contributed by atoms with E-state index in [1.807, 2.05) is 0 Å². The number of hydrogen-bond acceptors (Lipinski definition) is 2. The first-order chi connectivity index (χ1) is 8.31. The molecular weight excluding hydrogens is 212 g/mol. The molecule has 0 bridgehead atoms. The second kappa shape index (κ2) is 6.18. The van der Waals surface area contributed by atoms with Crippen LogP contribution in [0.5, 0.6) is 0 Å². The fourth-order valence-corrected chi connectivity index (χ4v) is 2.34. The van der Waals surface area contributed by atoms with Crippen molar-refractivity contribution < 1.29 is 9.84 Å². The van der Waals surface area contributed by atoms with Gasteiger partial charge in [-0.05, 0) is 30.4 Å². The average molecular weight is 234 g/mol. The Morgan fingerprint density at radius 2 is 2.12 bits per heavy atom. The quantitative estimate of drug-likeness (QED) is 0.848. The molecule has 17 heavy (non-hydrogen) atoms. The summed E-state index contributed by atoms with van der Waals surface area (Å²) < 4.78 is 5.32. The van der Waals surface area contributed by atoms with E-state index in [1.54, 1.807) is 0 Å². The minimum atomic E-state index is -0.363. The monoisotopic (exact) mass is 234 g/mol. The maximum Gasteiger partial charge on any atom is 0.0841 e. The summed E-state index contributed by atoms with van der Waals surface area (Å²) in [6, 6.07) is 8.41. The third-order valence-electron chi connectivity index (χ3n) is 3.55. The molecule has 0 saturated carbocycles. The Balaban J connectivity index is 1.96. The molecule has 2 rings (SSSR count). The molecule has 0 radical (unpaired) electrons. The highest BCUT2D eigenvalue weighted by Crippen LogP contribution is 2.28. The van der Waals surface area contributed by atoms with Gasteiger partial charge in [-0.3, -0.25) is 0 Å². The Morgan fingerprint density at radius 3 is 2.71 bits per heavy atom. The number of rotatable bonds is 5. The minimum absolute atomic E-state index is 0.275. The number of hydrogen-bond donors (Lipinski definition) is 1. The van der Waals surface area contributed by atoms with Gasteiger partial charge in [0.2, 0.25) is 0 Å². The van der Waals surface area contributed by atoms with Gasteiger partial charge in [0, 0.05) is 12.5 Å². The third-order valence-corrected chi connectivity index (χ3v) is 3.55. The molecule has 94 valence electrons. The molecule has 1 heterocycles. The maximum atomic E-state index is 10.2.